The predicted molar refractivity (Wildman–Crippen MR) is 170 cm³/mol. The van der Waals surface area contributed by atoms with Crippen molar-refractivity contribution in [3.8, 4) is 0 Å². The van der Waals surface area contributed by atoms with Crippen molar-refractivity contribution in [1.82, 2.24) is 19.4 Å². The van der Waals surface area contributed by atoms with Gasteiger partial charge in [-0.15, -0.1) is 0 Å². The molecule has 4 aromatic carbocycles. The number of nitrogens with one attached hydrogen (secondary N) is 1. The third kappa shape index (κ3) is 3.10. The highest BCUT2D eigenvalue weighted by atomic mass is 35.5. The number of carbonyl (C=O) groups excluding carboxylic acids is 2. The van der Waals surface area contributed by atoms with Crippen LogP contribution in [-0.2, 0) is 21.7 Å². The van der Waals surface area contributed by atoms with Gasteiger partial charge in [-0.3, -0.25) is 9.59 Å². The van der Waals surface area contributed by atoms with Crippen LogP contribution in [0.4, 0.5) is 0 Å². The van der Waals surface area contributed by atoms with Gasteiger partial charge < -0.3 is 28.8 Å². The van der Waals surface area contributed by atoms with Crippen LogP contribution in [0.2, 0.25) is 5.02 Å². The Balaban J connectivity index is 1.41. The van der Waals surface area contributed by atoms with E-state index in [0.717, 1.165) is 54.7 Å². The topological polar surface area (TPSA) is 77.7 Å². The first kappa shape index (κ1) is 26.1. The lowest BCUT2D eigenvalue weighted by Crippen LogP contribution is -2.61. The third-order valence-electron chi connectivity index (χ3n) is 10.1. The molecule has 5 heterocycles. The maximum absolute atomic E-state index is 14.0. The van der Waals surface area contributed by atoms with E-state index < -0.39 is 18.1 Å². The van der Waals surface area contributed by atoms with Gasteiger partial charge >= 0.3 is 0 Å². The summed E-state index contributed by atoms with van der Waals surface area (Å²) in [6.45, 7) is 2.53. The largest absolute Gasteiger partial charge is 0.374 e. The molecule has 6 aromatic rings. The number of nitrogens with zero attached hydrogens (tertiary/aromatic N) is 3. The van der Waals surface area contributed by atoms with E-state index in [1.165, 1.54) is 0 Å². The number of hydrogen-bond donors (Lipinski definition) is 1. The summed E-state index contributed by atoms with van der Waals surface area (Å²) < 4.78 is 18.1. The van der Waals surface area contributed by atoms with Crippen LogP contribution in [0.1, 0.15) is 45.9 Å². The number of hydrogen-bond acceptors (Lipinski definition) is 4. The predicted octanol–water partition coefficient (Wildman–Crippen LogP) is 6.56. The Kier molecular flexibility index (Phi) is 5.24. The summed E-state index contributed by atoms with van der Waals surface area (Å²) in [6.07, 6.45) is -0.485. The van der Waals surface area contributed by atoms with Crippen LogP contribution in [0.3, 0.4) is 0 Å². The number of halogens is 1. The molecule has 0 unspecified atom stereocenters. The lowest BCUT2D eigenvalue weighted by atomic mass is 9.91. The van der Waals surface area contributed by atoms with Crippen LogP contribution < -0.4 is 5.32 Å². The van der Waals surface area contributed by atoms with Crippen LogP contribution in [-0.4, -0.2) is 52.2 Å². The quantitative estimate of drug-likeness (QED) is 0.248. The molecule has 9 rings (SSSR count). The van der Waals surface area contributed by atoms with Gasteiger partial charge in [0, 0.05) is 59.3 Å². The van der Waals surface area contributed by atoms with Gasteiger partial charge in [-0.05, 0) is 42.8 Å². The summed E-state index contributed by atoms with van der Waals surface area (Å²) in [5.41, 5.74) is 5.22. The Morgan fingerprint density at radius 1 is 1.02 bits per heavy atom. The zero-order chi connectivity index (χ0) is 30.1. The smallest absolute Gasteiger partial charge is 0.253 e. The minimum atomic E-state index is -1.01. The van der Waals surface area contributed by atoms with Gasteiger partial charge in [-0.2, -0.15) is 0 Å². The van der Waals surface area contributed by atoms with Gasteiger partial charge in [0.25, 0.3) is 11.8 Å². The first-order chi connectivity index (χ1) is 21.3. The average Bonchev–Trinajstić information content (AvgIpc) is 3.67. The van der Waals surface area contributed by atoms with E-state index in [4.69, 9.17) is 21.1 Å². The molecule has 0 aliphatic carbocycles. The first-order valence-corrected chi connectivity index (χ1v) is 15.2. The molecule has 0 saturated carbocycles. The summed E-state index contributed by atoms with van der Waals surface area (Å²) in [5, 5.41) is 7.69. The fourth-order valence-corrected chi connectivity index (χ4v) is 8.56. The van der Waals surface area contributed by atoms with Gasteiger partial charge in [-0.1, -0.05) is 54.1 Å². The van der Waals surface area contributed by atoms with Crippen LogP contribution in [0.25, 0.3) is 43.6 Å². The molecule has 3 aliphatic rings. The van der Waals surface area contributed by atoms with Crippen molar-refractivity contribution in [2.45, 2.75) is 44.0 Å². The summed E-state index contributed by atoms with van der Waals surface area (Å²) in [6, 6.07) is 23.2. The van der Waals surface area contributed by atoms with Gasteiger partial charge in [0.1, 0.15) is 12.3 Å². The van der Waals surface area contributed by atoms with Crippen molar-refractivity contribution < 1.29 is 19.1 Å². The molecular weight excluding hydrogens is 576 g/mol. The number of benzene rings is 4. The summed E-state index contributed by atoms with van der Waals surface area (Å²) in [7, 11) is 3.52. The van der Waals surface area contributed by atoms with Gasteiger partial charge in [0.2, 0.25) is 0 Å². The number of ether oxygens (including phenoxy) is 2. The van der Waals surface area contributed by atoms with E-state index >= 15 is 0 Å². The number of rotatable bonds is 3. The number of likely N-dealkylation sites (N-methyl/N-ethyl adjacent to an activating group) is 1. The zero-order valence-electron chi connectivity index (χ0n) is 24.4. The fraction of sp³-hybridized carbons (Fsp3) is 0.257. The van der Waals surface area contributed by atoms with E-state index in [0.29, 0.717) is 23.6 Å². The lowest BCUT2D eigenvalue weighted by Gasteiger charge is -2.50. The highest BCUT2D eigenvalue weighted by Gasteiger charge is 2.55. The Hall–Kier alpha value is -4.37. The minimum absolute atomic E-state index is 0.0551. The highest BCUT2D eigenvalue weighted by molar-refractivity contribution is 6.31. The number of methoxy groups -OCH3 is 1. The van der Waals surface area contributed by atoms with Gasteiger partial charge in [0.15, 0.2) is 5.72 Å². The van der Waals surface area contributed by atoms with Crippen LogP contribution in [0.15, 0.2) is 72.8 Å². The van der Waals surface area contributed by atoms with E-state index in [-0.39, 0.29) is 17.9 Å². The molecule has 1 fully saturated rings. The summed E-state index contributed by atoms with van der Waals surface area (Å²) >= 11 is 6.29. The second-order valence-corrected chi connectivity index (χ2v) is 12.7. The van der Waals surface area contributed by atoms with Gasteiger partial charge in [0.05, 0.1) is 33.7 Å². The molecule has 2 aromatic heterocycles. The number of para-hydroxylation sites is 2. The molecule has 44 heavy (non-hydrogen) atoms. The summed E-state index contributed by atoms with van der Waals surface area (Å²) in [4.78, 5) is 29.3. The third-order valence-corrected chi connectivity index (χ3v) is 10.3. The lowest BCUT2D eigenvalue weighted by molar-refractivity contribution is -0.264. The Labute approximate surface area is 257 Å². The molecular formula is C35H29ClN4O4. The molecule has 1 saturated heterocycles. The van der Waals surface area contributed by atoms with Crippen LogP contribution in [0.5, 0.6) is 0 Å². The normalized spacial score (nSPS) is 23.9. The molecule has 220 valence electrons. The highest BCUT2D eigenvalue weighted by Crippen LogP contribution is 2.54. The van der Waals surface area contributed by atoms with E-state index in [1.807, 2.05) is 31.3 Å². The van der Waals surface area contributed by atoms with E-state index in [2.05, 4.69) is 45.6 Å². The standard InChI is InChI=1S/C35H29ClN4O4/c1-35-32(43-3)25(38(2)34(42)18-9-8-10-19(36)15-18)16-26(44-35)39-23-13-6-4-11-20(23)28-29-22(17-37-33(29)41)27-21-12-5-7-14-24(21)40(35)31(27)30(28)39/h4-15,25-26,32H,16-17H2,1-3H3,(H,37,41)/t25-,26-,32-,35+/m0/s1. The van der Waals surface area contributed by atoms with Gasteiger partial charge in [-0.25, -0.2) is 0 Å². The van der Waals surface area contributed by atoms with Crippen molar-refractivity contribution in [1.29, 1.82) is 0 Å². The van der Waals surface area contributed by atoms with Crippen LogP contribution >= 0.6 is 11.6 Å². The maximum Gasteiger partial charge on any atom is 0.253 e. The van der Waals surface area contributed by atoms with Crippen LogP contribution in [0, 0.1) is 0 Å². The van der Waals surface area contributed by atoms with Crippen molar-refractivity contribution in [2.75, 3.05) is 14.2 Å². The van der Waals surface area contributed by atoms with E-state index in [1.54, 1.807) is 36.3 Å². The number of aromatic nitrogens is 2. The Bertz CT molecular complexity index is 2250. The number of amides is 2. The van der Waals surface area contributed by atoms with E-state index in [9.17, 15) is 9.59 Å². The minimum Gasteiger partial charge on any atom is -0.374 e. The molecule has 8 nitrogen and oxygen atoms in total. The first-order valence-electron chi connectivity index (χ1n) is 14.9. The molecule has 0 radical (unpaired) electrons. The number of carbonyl (C=O) groups is 2. The molecule has 4 atom stereocenters. The van der Waals surface area contributed by atoms with Crippen molar-refractivity contribution in [3.05, 3.63) is 94.5 Å². The Morgan fingerprint density at radius 3 is 2.50 bits per heavy atom. The van der Waals surface area contributed by atoms with Crippen molar-refractivity contribution in [2.24, 2.45) is 0 Å². The van der Waals surface area contributed by atoms with Crippen molar-refractivity contribution in [3.63, 3.8) is 0 Å². The summed E-state index contributed by atoms with van der Waals surface area (Å²) in [5.74, 6) is -0.194. The second-order valence-electron chi connectivity index (χ2n) is 12.2. The maximum atomic E-state index is 14.0. The monoisotopic (exact) mass is 604 g/mol. The molecule has 3 aliphatic heterocycles. The van der Waals surface area contributed by atoms with Crippen molar-refractivity contribution >= 4 is 67.0 Å². The SMILES string of the molecule is CO[C@H]1[C@@H](N(C)C(=O)c2cccc(Cl)c2)C[C@@H]2O[C@@]1(C)n1c3ccccc3c3c4c(c5c6ccccc6n2c5c31)C(=O)NC4. The second kappa shape index (κ2) is 8.85. The molecule has 2 bridgehead atoms. The molecule has 2 amide bonds. The molecule has 1 N–H and O–H groups in total. The number of fused-ring (bicyclic) bond motifs is 13. The molecule has 0 spiro atoms. The fourth-order valence-electron chi connectivity index (χ4n) is 8.37. The average molecular weight is 605 g/mol. The Morgan fingerprint density at radius 2 is 1.75 bits per heavy atom. The molecule has 9 heteroatoms. The zero-order valence-corrected chi connectivity index (χ0v) is 25.2.